The number of fused-ring (bicyclic) bond motifs is 1. The van der Waals surface area contributed by atoms with E-state index in [-0.39, 0.29) is 39.9 Å². The van der Waals surface area contributed by atoms with Gasteiger partial charge in [0.05, 0.1) is 34.8 Å². The number of aromatic nitrogens is 2. The van der Waals surface area contributed by atoms with Crippen LogP contribution in [0.5, 0.6) is 11.5 Å². The molecule has 0 aliphatic rings. The predicted molar refractivity (Wildman–Crippen MR) is 158 cm³/mol. The molecule has 0 saturated carbocycles. The number of anilines is 1. The van der Waals surface area contributed by atoms with E-state index in [1.165, 1.54) is 37.6 Å². The van der Waals surface area contributed by atoms with E-state index in [4.69, 9.17) is 21.1 Å². The Labute approximate surface area is 248 Å². The number of nitrogens with one attached hydrogen (secondary N) is 1. The quantitative estimate of drug-likeness (QED) is 0.200. The van der Waals surface area contributed by atoms with Crippen LogP contribution < -0.4 is 20.3 Å². The largest absolute Gasteiger partial charge is 0.493 e. The molecule has 4 aromatic carbocycles. The zero-order valence-corrected chi connectivity index (χ0v) is 23.2. The van der Waals surface area contributed by atoms with Gasteiger partial charge in [0.2, 0.25) is 0 Å². The summed E-state index contributed by atoms with van der Waals surface area (Å²) >= 11 is 6.45. The number of methoxy groups -OCH3 is 1. The number of hydrogen-bond donors (Lipinski definition) is 1. The average Bonchev–Trinajstić information content (AvgIpc) is 3.00. The molecular formula is C31H22ClF3N4O4. The first-order chi connectivity index (χ1) is 20.6. The van der Waals surface area contributed by atoms with Crippen molar-refractivity contribution in [3.8, 4) is 22.9 Å². The van der Waals surface area contributed by atoms with Gasteiger partial charge in [-0.25, -0.2) is 4.98 Å². The number of nitrogens with zero attached hydrogens (tertiary/aromatic N) is 3. The predicted octanol–water partition coefficient (Wildman–Crippen LogP) is 6.64. The number of ether oxygens (including phenoxy) is 2. The number of amides is 1. The molecule has 0 saturated heterocycles. The second-order valence-corrected chi connectivity index (χ2v) is 9.54. The minimum atomic E-state index is -4.60. The molecule has 12 heteroatoms. The van der Waals surface area contributed by atoms with Gasteiger partial charge < -0.3 is 14.8 Å². The molecule has 1 N–H and O–H groups in total. The van der Waals surface area contributed by atoms with Crippen LogP contribution in [0.4, 0.5) is 18.9 Å². The summed E-state index contributed by atoms with van der Waals surface area (Å²) in [5.74, 6) is -0.212. The molecule has 0 fully saturated rings. The highest BCUT2D eigenvalue weighted by atomic mass is 35.5. The van der Waals surface area contributed by atoms with Crippen LogP contribution >= 0.6 is 11.6 Å². The number of alkyl halides is 3. The van der Waals surface area contributed by atoms with Crippen molar-refractivity contribution in [2.45, 2.75) is 6.18 Å². The molecule has 8 nitrogen and oxygen atoms in total. The van der Waals surface area contributed by atoms with Crippen molar-refractivity contribution in [1.29, 1.82) is 0 Å². The van der Waals surface area contributed by atoms with E-state index in [2.05, 4.69) is 15.4 Å². The fraction of sp³-hybridized carbons (Fsp3) is 0.0968. The highest BCUT2D eigenvalue weighted by molar-refractivity contribution is 6.32. The molecule has 218 valence electrons. The molecular weight excluding hydrogens is 585 g/mol. The topological polar surface area (TPSA) is 94.8 Å². The average molecular weight is 607 g/mol. The molecule has 0 radical (unpaired) electrons. The van der Waals surface area contributed by atoms with Crippen LogP contribution in [0.1, 0.15) is 11.1 Å². The van der Waals surface area contributed by atoms with Crippen molar-refractivity contribution >= 4 is 40.3 Å². The molecule has 0 spiro atoms. The van der Waals surface area contributed by atoms with E-state index < -0.39 is 23.2 Å². The van der Waals surface area contributed by atoms with Gasteiger partial charge in [-0.05, 0) is 54.1 Å². The highest BCUT2D eigenvalue weighted by Gasteiger charge is 2.31. The van der Waals surface area contributed by atoms with Gasteiger partial charge in [0.25, 0.3) is 11.5 Å². The number of rotatable bonds is 8. The van der Waals surface area contributed by atoms with E-state index in [0.717, 1.165) is 16.8 Å². The third kappa shape index (κ3) is 6.68. The van der Waals surface area contributed by atoms with Crippen molar-refractivity contribution < 1.29 is 27.4 Å². The summed E-state index contributed by atoms with van der Waals surface area (Å²) < 4.78 is 52.3. The van der Waals surface area contributed by atoms with E-state index >= 15 is 0 Å². The van der Waals surface area contributed by atoms with Crippen LogP contribution in [-0.2, 0) is 11.0 Å². The van der Waals surface area contributed by atoms with Crippen LogP contribution in [0.2, 0.25) is 5.02 Å². The molecule has 1 aromatic heterocycles. The summed E-state index contributed by atoms with van der Waals surface area (Å²) in [6, 6.07) is 22.8. The number of para-hydroxylation sites is 2. The molecule has 0 unspecified atom stereocenters. The van der Waals surface area contributed by atoms with Crippen LogP contribution in [-0.4, -0.2) is 35.5 Å². The molecule has 0 aliphatic carbocycles. The Morgan fingerprint density at radius 3 is 2.51 bits per heavy atom. The number of benzene rings is 4. The first kappa shape index (κ1) is 29.3. The lowest BCUT2D eigenvalue weighted by molar-refractivity contribution is -0.137. The van der Waals surface area contributed by atoms with Gasteiger partial charge in [0.15, 0.2) is 23.9 Å². The van der Waals surface area contributed by atoms with Gasteiger partial charge in [-0.2, -0.15) is 22.9 Å². The Bertz CT molecular complexity index is 1890. The monoisotopic (exact) mass is 606 g/mol. The van der Waals surface area contributed by atoms with Crippen molar-refractivity contribution in [3.63, 3.8) is 0 Å². The first-order valence-electron chi connectivity index (χ1n) is 12.7. The van der Waals surface area contributed by atoms with Gasteiger partial charge in [0.1, 0.15) is 0 Å². The lowest BCUT2D eigenvalue weighted by atomic mass is 10.1. The lowest BCUT2D eigenvalue weighted by Gasteiger charge is -2.14. The van der Waals surface area contributed by atoms with Gasteiger partial charge in [-0.15, -0.1) is 0 Å². The SMILES string of the molecule is COc1cc(C=Nn2c(-c3cccc(C(F)(F)F)c3)nc3ccccc3c2=O)cc(Cl)c1OCC(=O)Nc1ccccc1. The molecule has 1 heterocycles. The van der Waals surface area contributed by atoms with E-state index in [9.17, 15) is 22.8 Å². The molecule has 1 amide bonds. The molecule has 0 atom stereocenters. The minimum Gasteiger partial charge on any atom is -0.493 e. The summed E-state index contributed by atoms with van der Waals surface area (Å²) in [7, 11) is 1.38. The van der Waals surface area contributed by atoms with E-state index in [0.29, 0.717) is 16.8 Å². The molecule has 5 aromatic rings. The molecule has 0 bridgehead atoms. The lowest BCUT2D eigenvalue weighted by Crippen LogP contribution is -2.20. The Morgan fingerprint density at radius 2 is 1.77 bits per heavy atom. The maximum Gasteiger partial charge on any atom is 0.416 e. The third-order valence-corrected chi connectivity index (χ3v) is 6.46. The van der Waals surface area contributed by atoms with Crippen LogP contribution in [0.25, 0.3) is 22.3 Å². The summed E-state index contributed by atoms with van der Waals surface area (Å²) in [6.45, 7) is -0.350. The number of hydrogen-bond acceptors (Lipinski definition) is 6. The van der Waals surface area contributed by atoms with Gasteiger partial charge in [0, 0.05) is 11.3 Å². The van der Waals surface area contributed by atoms with E-state index in [1.807, 2.05) is 6.07 Å². The van der Waals surface area contributed by atoms with Crippen LogP contribution in [0.3, 0.4) is 0 Å². The smallest absolute Gasteiger partial charge is 0.416 e. The summed E-state index contributed by atoms with van der Waals surface area (Å²) in [6.07, 6.45) is -3.31. The summed E-state index contributed by atoms with van der Waals surface area (Å²) in [5.41, 5.74) is -0.164. The second-order valence-electron chi connectivity index (χ2n) is 9.13. The number of carbonyl (C=O) groups is 1. The summed E-state index contributed by atoms with van der Waals surface area (Å²) in [4.78, 5) is 30.2. The second kappa shape index (κ2) is 12.4. The Balaban J connectivity index is 1.48. The summed E-state index contributed by atoms with van der Waals surface area (Å²) in [5, 5.41) is 7.29. The fourth-order valence-corrected chi connectivity index (χ4v) is 4.46. The first-order valence-corrected chi connectivity index (χ1v) is 13.1. The maximum absolute atomic E-state index is 13.4. The maximum atomic E-state index is 13.4. The Hall–Kier alpha value is -5.16. The Morgan fingerprint density at radius 1 is 1.02 bits per heavy atom. The van der Waals surface area contributed by atoms with E-state index in [1.54, 1.807) is 48.5 Å². The van der Waals surface area contributed by atoms with Crippen LogP contribution in [0, 0.1) is 0 Å². The number of halogens is 4. The molecule has 43 heavy (non-hydrogen) atoms. The molecule has 5 rings (SSSR count). The molecule has 0 aliphatic heterocycles. The fourth-order valence-electron chi connectivity index (χ4n) is 4.19. The zero-order valence-electron chi connectivity index (χ0n) is 22.4. The highest BCUT2D eigenvalue weighted by Crippen LogP contribution is 2.36. The van der Waals surface area contributed by atoms with Gasteiger partial charge in [-0.3, -0.25) is 9.59 Å². The van der Waals surface area contributed by atoms with Crippen molar-refractivity contribution in [2.24, 2.45) is 5.10 Å². The standard InChI is InChI=1S/C31H22ClF3N4O4/c1-42-26-15-19(14-24(32)28(26)43-18-27(40)37-22-10-3-2-4-11-22)17-36-39-29(20-8-7-9-21(16-20)31(33,34)35)38-25-13-6-5-12-23(25)30(39)41/h2-17H,18H2,1H3,(H,37,40). The minimum absolute atomic E-state index is 0.0444. The van der Waals surface area contributed by atoms with Crippen molar-refractivity contribution in [1.82, 2.24) is 9.66 Å². The van der Waals surface area contributed by atoms with Crippen LogP contribution in [0.15, 0.2) is 101 Å². The zero-order chi connectivity index (χ0) is 30.6. The third-order valence-electron chi connectivity index (χ3n) is 6.18. The van der Waals surface area contributed by atoms with Gasteiger partial charge in [-0.1, -0.05) is 54.1 Å². The number of carbonyl (C=O) groups excluding carboxylic acids is 1. The Kier molecular flexibility index (Phi) is 8.44. The normalized spacial score (nSPS) is 11.6. The van der Waals surface area contributed by atoms with Crippen molar-refractivity contribution in [3.05, 3.63) is 117 Å². The van der Waals surface area contributed by atoms with Crippen molar-refractivity contribution in [2.75, 3.05) is 19.0 Å². The van der Waals surface area contributed by atoms with Gasteiger partial charge >= 0.3 is 6.18 Å².